The van der Waals surface area contributed by atoms with Crippen LogP contribution in [-0.2, 0) is 26.0 Å². The van der Waals surface area contributed by atoms with Gasteiger partial charge < -0.3 is 10.6 Å². The molecule has 2 N–H and O–H groups in total. The highest BCUT2D eigenvalue weighted by atomic mass is 32.2. The molecule has 3 rings (SSSR count). The van der Waals surface area contributed by atoms with Crippen LogP contribution in [0, 0.1) is 0 Å². The first-order valence-corrected chi connectivity index (χ1v) is 10.8. The van der Waals surface area contributed by atoms with Crippen LogP contribution in [0.5, 0.6) is 0 Å². The minimum atomic E-state index is -3.08. The Hall–Kier alpha value is -1.93. The molecule has 0 saturated carbocycles. The summed E-state index contributed by atoms with van der Waals surface area (Å²) in [4.78, 5) is 26.3. The molecule has 1 aromatic rings. The lowest BCUT2D eigenvalue weighted by molar-refractivity contribution is -0.140. The van der Waals surface area contributed by atoms with E-state index in [0.29, 0.717) is 6.42 Å². The van der Waals surface area contributed by atoms with Crippen molar-refractivity contribution in [3.8, 4) is 0 Å². The van der Waals surface area contributed by atoms with Crippen LogP contribution in [0.2, 0.25) is 0 Å². The van der Waals surface area contributed by atoms with Gasteiger partial charge in [-0.05, 0) is 24.8 Å². The average molecular weight is 379 g/mol. The molecule has 2 amide bonds. The summed E-state index contributed by atoms with van der Waals surface area (Å²) < 4.78 is 22.8. The smallest absolute Gasteiger partial charge is 0.309 e. The van der Waals surface area contributed by atoms with Gasteiger partial charge >= 0.3 is 11.8 Å². The van der Waals surface area contributed by atoms with Crippen molar-refractivity contribution in [2.75, 3.05) is 24.6 Å². The normalized spacial score (nSPS) is 23.5. The Labute approximate surface area is 154 Å². The van der Waals surface area contributed by atoms with Crippen LogP contribution in [0.15, 0.2) is 30.3 Å². The van der Waals surface area contributed by atoms with Crippen LogP contribution >= 0.6 is 0 Å². The molecule has 2 heterocycles. The summed E-state index contributed by atoms with van der Waals surface area (Å²) in [5, 5.41) is 5.30. The standard InChI is InChI=1S/C18H25N3O4S/c22-17(18(23)20-16-8-11-26(24,25)13-16)19-15-6-9-21(10-7-15)12-14-4-2-1-3-5-14/h1-5,15-16H,6-13H2,(H,19,22)(H,20,23). The predicted molar refractivity (Wildman–Crippen MR) is 98.1 cm³/mol. The molecule has 2 fully saturated rings. The largest absolute Gasteiger partial charge is 0.345 e. The van der Waals surface area contributed by atoms with Gasteiger partial charge in [-0.15, -0.1) is 0 Å². The Morgan fingerprint density at radius 3 is 2.15 bits per heavy atom. The van der Waals surface area contributed by atoms with Gasteiger partial charge in [-0.25, -0.2) is 8.42 Å². The van der Waals surface area contributed by atoms with E-state index in [4.69, 9.17) is 0 Å². The van der Waals surface area contributed by atoms with E-state index in [0.717, 1.165) is 32.5 Å². The van der Waals surface area contributed by atoms with E-state index in [9.17, 15) is 18.0 Å². The van der Waals surface area contributed by atoms with Crippen molar-refractivity contribution < 1.29 is 18.0 Å². The molecule has 8 heteroatoms. The fraction of sp³-hybridized carbons (Fsp3) is 0.556. The van der Waals surface area contributed by atoms with Gasteiger partial charge in [-0.1, -0.05) is 30.3 Å². The summed E-state index contributed by atoms with van der Waals surface area (Å²) in [6.45, 7) is 2.61. The SMILES string of the molecule is O=C(NC1CCN(Cc2ccccc2)CC1)C(=O)NC1CCS(=O)(=O)C1. The summed E-state index contributed by atoms with van der Waals surface area (Å²) in [7, 11) is -3.08. The molecule has 26 heavy (non-hydrogen) atoms. The van der Waals surface area contributed by atoms with Gasteiger partial charge in [-0.3, -0.25) is 14.5 Å². The lowest BCUT2D eigenvalue weighted by Crippen LogP contribution is -2.50. The molecule has 7 nitrogen and oxygen atoms in total. The monoisotopic (exact) mass is 379 g/mol. The second-order valence-electron chi connectivity index (χ2n) is 7.08. The zero-order valence-corrected chi connectivity index (χ0v) is 15.5. The summed E-state index contributed by atoms with van der Waals surface area (Å²) in [6.07, 6.45) is 1.96. The minimum Gasteiger partial charge on any atom is -0.345 e. The highest BCUT2D eigenvalue weighted by molar-refractivity contribution is 7.91. The Balaban J connectivity index is 1.39. The molecule has 0 spiro atoms. The lowest BCUT2D eigenvalue weighted by atomic mass is 10.0. The Morgan fingerprint density at radius 1 is 0.962 bits per heavy atom. The first kappa shape index (κ1) is 18.8. The van der Waals surface area contributed by atoms with Crippen LogP contribution in [0.1, 0.15) is 24.8 Å². The number of piperidine rings is 1. The molecule has 1 unspecified atom stereocenters. The third kappa shape index (κ3) is 5.28. The minimum absolute atomic E-state index is 0.0208. The number of amides is 2. The van der Waals surface area contributed by atoms with Crippen LogP contribution in [0.4, 0.5) is 0 Å². The fourth-order valence-electron chi connectivity index (χ4n) is 3.49. The zero-order valence-electron chi connectivity index (χ0n) is 14.7. The van der Waals surface area contributed by atoms with Gasteiger partial charge in [0, 0.05) is 31.7 Å². The molecule has 0 aromatic heterocycles. The number of sulfone groups is 1. The number of benzene rings is 1. The van der Waals surface area contributed by atoms with E-state index < -0.39 is 27.7 Å². The third-order valence-corrected chi connectivity index (χ3v) is 6.71. The number of carbonyl (C=O) groups excluding carboxylic acids is 2. The first-order chi connectivity index (χ1) is 12.4. The van der Waals surface area contributed by atoms with Crippen molar-refractivity contribution in [3.05, 3.63) is 35.9 Å². The Morgan fingerprint density at radius 2 is 1.58 bits per heavy atom. The highest BCUT2D eigenvalue weighted by Crippen LogP contribution is 2.14. The maximum absolute atomic E-state index is 12.0. The van der Waals surface area contributed by atoms with Crippen LogP contribution in [0.25, 0.3) is 0 Å². The Bertz CT molecular complexity index is 743. The average Bonchev–Trinajstić information content (AvgIpc) is 2.96. The molecule has 1 aromatic carbocycles. The second kappa shape index (κ2) is 8.18. The van der Waals surface area contributed by atoms with Gasteiger partial charge in [0.15, 0.2) is 9.84 Å². The van der Waals surface area contributed by atoms with Gasteiger partial charge in [0.05, 0.1) is 11.5 Å². The van der Waals surface area contributed by atoms with Crippen molar-refractivity contribution >= 4 is 21.7 Å². The first-order valence-electron chi connectivity index (χ1n) is 8.99. The van der Waals surface area contributed by atoms with E-state index in [2.05, 4.69) is 27.7 Å². The maximum Gasteiger partial charge on any atom is 0.309 e. The van der Waals surface area contributed by atoms with E-state index in [1.807, 2.05) is 18.2 Å². The number of likely N-dealkylation sites (tertiary alicyclic amines) is 1. The third-order valence-electron chi connectivity index (χ3n) is 4.95. The second-order valence-corrected chi connectivity index (χ2v) is 9.31. The zero-order chi connectivity index (χ0) is 18.6. The number of nitrogens with one attached hydrogen (secondary N) is 2. The Kier molecular flexibility index (Phi) is 5.93. The van der Waals surface area contributed by atoms with Crippen molar-refractivity contribution in [1.82, 2.24) is 15.5 Å². The molecule has 2 aliphatic rings. The molecule has 2 saturated heterocycles. The van der Waals surface area contributed by atoms with E-state index in [1.54, 1.807) is 0 Å². The quantitative estimate of drug-likeness (QED) is 0.722. The molecule has 1 atom stereocenters. The summed E-state index contributed by atoms with van der Waals surface area (Å²) in [6, 6.07) is 9.77. The van der Waals surface area contributed by atoms with Crippen molar-refractivity contribution in [3.63, 3.8) is 0 Å². The molecular weight excluding hydrogens is 354 g/mol. The number of rotatable bonds is 4. The number of hydrogen-bond acceptors (Lipinski definition) is 5. The lowest BCUT2D eigenvalue weighted by Gasteiger charge is -2.32. The molecule has 2 aliphatic heterocycles. The van der Waals surface area contributed by atoms with E-state index >= 15 is 0 Å². The number of nitrogens with zero attached hydrogens (tertiary/aromatic N) is 1. The van der Waals surface area contributed by atoms with E-state index in [1.165, 1.54) is 5.56 Å². The fourth-order valence-corrected chi connectivity index (χ4v) is 5.16. The van der Waals surface area contributed by atoms with Gasteiger partial charge in [0.2, 0.25) is 0 Å². The van der Waals surface area contributed by atoms with Crippen molar-refractivity contribution in [2.24, 2.45) is 0 Å². The predicted octanol–water partition coefficient (Wildman–Crippen LogP) is 0.0705. The summed E-state index contributed by atoms with van der Waals surface area (Å²) >= 11 is 0. The topological polar surface area (TPSA) is 95.6 Å². The van der Waals surface area contributed by atoms with Crippen LogP contribution in [0.3, 0.4) is 0 Å². The highest BCUT2D eigenvalue weighted by Gasteiger charge is 2.31. The van der Waals surface area contributed by atoms with Crippen molar-refractivity contribution in [1.29, 1.82) is 0 Å². The molecule has 0 radical (unpaired) electrons. The van der Waals surface area contributed by atoms with Gasteiger partial charge in [0.25, 0.3) is 0 Å². The number of hydrogen-bond donors (Lipinski definition) is 2. The van der Waals surface area contributed by atoms with Gasteiger partial charge in [-0.2, -0.15) is 0 Å². The molecule has 0 aliphatic carbocycles. The maximum atomic E-state index is 12.0. The number of carbonyl (C=O) groups is 2. The molecule has 142 valence electrons. The molecular formula is C18H25N3O4S. The van der Waals surface area contributed by atoms with Crippen molar-refractivity contribution in [2.45, 2.75) is 37.9 Å². The van der Waals surface area contributed by atoms with Crippen LogP contribution in [-0.4, -0.2) is 61.8 Å². The van der Waals surface area contributed by atoms with Crippen LogP contribution < -0.4 is 10.6 Å². The summed E-state index contributed by atoms with van der Waals surface area (Å²) in [5.74, 6) is -1.42. The molecule has 0 bridgehead atoms. The van der Waals surface area contributed by atoms with Gasteiger partial charge in [0.1, 0.15) is 0 Å². The van der Waals surface area contributed by atoms with E-state index in [-0.39, 0.29) is 17.5 Å². The summed E-state index contributed by atoms with van der Waals surface area (Å²) in [5.41, 5.74) is 1.26.